The molecule has 16 heavy (non-hydrogen) atoms. The molecule has 0 radical (unpaired) electrons. The summed E-state index contributed by atoms with van der Waals surface area (Å²) in [6.07, 6.45) is 0.768. The van der Waals surface area contributed by atoms with E-state index in [4.69, 9.17) is 4.74 Å². The molecule has 2 rings (SSSR count). The summed E-state index contributed by atoms with van der Waals surface area (Å²) in [5, 5.41) is 0. The van der Waals surface area contributed by atoms with Gasteiger partial charge in [0.1, 0.15) is 6.21 Å². The summed E-state index contributed by atoms with van der Waals surface area (Å²) in [4.78, 5) is 14.9. The topological polar surface area (TPSA) is 38.7 Å². The second-order valence-electron chi connectivity index (χ2n) is 4.94. The van der Waals surface area contributed by atoms with Crippen LogP contribution >= 0.6 is 0 Å². The van der Waals surface area contributed by atoms with Crippen molar-refractivity contribution in [3.05, 3.63) is 35.4 Å². The molecule has 1 aromatic carbocycles. The number of aliphatic imine (C=N–C) groups is 1. The van der Waals surface area contributed by atoms with E-state index in [0.717, 1.165) is 5.56 Å². The van der Waals surface area contributed by atoms with E-state index in [1.165, 1.54) is 11.8 Å². The molecule has 1 aromatic rings. The Morgan fingerprint density at radius 3 is 2.25 bits per heavy atom. The molecule has 0 aliphatic carbocycles. The molecule has 0 amide bonds. The molecule has 0 bridgehead atoms. The Morgan fingerprint density at radius 1 is 1.19 bits per heavy atom. The van der Waals surface area contributed by atoms with Crippen LogP contribution in [0.2, 0.25) is 0 Å². The van der Waals surface area contributed by atoms with E-state index in [9.17, 15) is 4.79 Å². The van der Waals surface area contributed by atoms with Crippen molar-refractivity contribution in [2.24, 2.45) is 4.99 Å². The van der Waals surface area contributed by atoms with Gasteiger partial charge in [-0.1, -0.05) is 45.0 Å². The number of carbonyl (C=O) groups excluding carboxylic acids is 1. The number of benzene rings is 1. The van der Waals surface area contributed by atoms with Gasteiger partial charge in [-0.3, -0.25) is 0 Å². The van der Waals surface area contributed by atoms with Gasteiger partial charge in [0.05, 0.1) is 0 Å². The number of nitrogens with zero attached hydrogens (tertiary/aromatic N) is 1. The first-order valence-corrected chi connectivity index (χ1v) is 5.31. The van der Waals surface area contributed by atoms with Crippen LogP contribution in [0.15, 0.2) is 29.3 Å². The van der Waals surface area contributed by atoms with E-state index in [0.29, 0.717) is 0 Å². The van der Waals surface area contributed by atoms with E-state index in [1.54, 1.807) is 0 Å². The van der Waals surface area contributed by atoms with Gasteiger partial charge in [-0.2, -0.15) is 0 Å². The van der Waals surface area contributed by atoms with Gasteiger partial charge in [0.15, 0.2) is 0 Å². The van der Waals surface area contributed by atoms with Crippen LogP contribution in [-0.2, 0) is 14.9 Å². The Kier molecular flexibility index (Phi) is 2.54. The number of ether oxygens (including phenoxy) is 1. The molecule has 0 fully saturated rings. The molecule has 1 aliphatic heterocycles. The van der Waals surface area contributed by atoms with Crippen LogP contribution < -0.4 is 0 Å². The summed E-state index contributed by atoms with van der Waals surface area (Å²) in [6.45, 7) is 6.49. The summed E-state index contributed by atoms with van der Waals surface area (Å²) in [6, 6.07) is 8.02. The standard InChI is InChI=1S/C13H15NO2/c1-13(2,3)10-6-4-9(5-7-10)12-14-8-11(15)16-12/h4-8,12H,1-3H3. The van der Waals surface area contributed by atoms with Gasteiger partial charge in [-0.05, 0) is 11.0 Å². The van der Waals surface area contributed by atoms with Crippen LogP contribution in [0.5, 0.6) is 0 Å². The molecule has 0 aromatic heterocycles. The molecule has 0 N–H and O–H groups in total. The Morgan fingerprint density at radius 2 is 1.81 bits per heavy atom. The molecule has 1 heterocycles. The highest BCUT2D eigenvalue weighted by Crippen LogP contribution is 2.26. The lowest BCUT2D eigenvalue weighted by molar-refractivity contribution is -0.137. The van der Waals surface area contributed by atoms with Crippen LogP contribution in [0.3, 0.4) is 0 Å². The normalized spacial score (nSPS) is 19.9. The Balaban J connectivity index is 2.20. The second-order valence-corrected chi connectivity index (χ2v) is 4.94. The van der Waals surface area contributed by atoms with Crippen LogP contribution in [0.1, 0.15) is 38.1 Å². The molecule has 1 aliphatic rings. The van der Waals surface area contributed by atoms with Crippen LogP contribution in [0.25, 0.3) is 0 Å². The van der Waals surface area contributed by atoms with E-state index < -0.39 is 6.23 Å². The lowest BCUT2D eigenvalue weighted by Gasteiger charge is -2.19. The van der Waals surface area contributed by atoms with Crippen molar-refractivity contribution in [2.45, 2.75) is 32.4 Å². The summed E-state index contributed by atoms with van der Waals surface area (Å²) >= 11 is 0. The highest BCUT2D eigenvalue weighted by atomic mass is 16.6. The molecule has 0 saturated heterocycles. The number of esters is 1. The van der Waals surface area contributed by atoms with Gasteiger partial charge >= 0.3 is 5.97 Å². The summed E-state index contributed by atoms with van der Waals surface area (Å²) < 4.78 is 5.01. The van der Waals surface area contributed by atoms with Crippen molar-refractivity contribution >= 4 is 12.2 Å². The summed E-state index contributed by atoms with van der Waals surface area (Å²) in [5.74, 6) is -0.370. The largest absolute Gasteiger partial charge is 0.431 e. The lowest BCUT2D eigenvalue weighted by Crippen LogP contribution is -2.11. The smallest absolute Gasteiger partial charge is 0.351 e. The van der Waals surface area contributed by atoms with Gasteiger partial charge in [0.2, 0.25) is 6.23 Å². The third-order valence-corrected chi connectivity index (χ3v) is 2.60. The van der Waals surface area contributed by atoms with E-state index in [-0.39, 0.29) is 11.4 Å². The fourth-order valence-corrected chi connectivity index (χ4v) is 1.60. The molecular weight excluding hydrogens is 202 g/mol. The van der Waals surface area contributed by atoms with Crippen LogP contribution in [0, 0.1) is 0 Å². The van der Waals surface area contributed by atoms with Crippen molar-refractivity contribution in [3.8, 4) is 0 Å². The maximum absolute atomic E-state index is 10.9. The summed E-state index contributed by atoms with van der Waals surface area (Å²) in [7, 11) is 0. The number of rotatable bonds is 1. The van der Waals surface area contributed by atoms with Crippen molar-refractivity contribution < 1.29 is 9.53 Å². The predicted molar refractivity (Wildman–Crippen MR) is 62.5 cm³/mol. The van der Waals surface area contributed by atoms with Gasteiger partial charge in [0, 0.05) is 5.56 Å². The quantitative estimate of drug-likeness (QED) is 0.678. The van der Waals surface area contributed by atoms with E-state index in [2.05, 4.69) is 37.9 Å². The first-order chi connectivity index (χ1) is 7.47. The Bertz CT molecular complexity index is 426. The van der Waals surface area contributed by atoms with Crippen molar-refractivity contribution in [1.29, 1.82) is 0 Å². The monoisotopic (exact) mass is 217 g/mol. The highest BCUT2D eigenvalue weighted by Gasteiger charge is 2.20. The van der Waals surface area contributed by atoms with Crippen LogP contribution in [0.4, 0.5) is 0 Å². The van der Waals surface area contributed by atoms with Gasteiger partial charge < -0.3 is 4.74 Å². The molecular formula is C13H15NO2. The number of cyclic esters (lactones) is 1. The van der Waals surface area contributed by atoms with E-state index in [1.807, 2.05) is 12.1 Å². The number of hydrogen-bond donors (Lipinski definition) is 0. The maximum Gasteiger partial charge on any atom is 0.351 e. The maximum atomic E-state index is 10.9. The predicted octanol–water partition coefficient (Wildman–Crippen LogP) is 2.61. The zero-order valence-corrected chi connectivity index (χ0v) is 9.73. The molecule has 1 atom stereocenters. The van der Waals surface area contributed by atoms with Crippen molar-refractivity contribution in [3.63, 3.8) is 0 Å². The molecule has 84 valence electrons. The second kappa shape index (κ2) is 3.74. The average Bonchev–Trinajstić information content (AvgIpc) is 2.64. The third-order valence-electron chi connectivity index (χ3n) is 2.60. The van der Waals surface area contributed by atoms with E-state index >= 15 is 0 Å². The summed E-state index contributed by atoms with van der Waals surface area (Å²) in [5.41, 5.74) is 2.30. The van der Waals surface area contributed by atoms with Gasteiger partial charge in [-0.15, -0.1) is 0 Å². The minimum atomic E-state index is -0.457. The van der Waals surface area contributed by atoms with Crippen LogP contribution in [-0.4, -0.2) is 12.2 Å². The fourth-order valence-electron chi connectivity index (χ4n) is 1.60. The zero-order chi connectivity index (χ0) is 11.8. The first kappa shape index (κ1) is 10.9. The minimum Gasteiger partial charge on any atom is -0.431 e. The highest BCUT2D eigenvalue weighted by molar-refractivity contribution is 6.24. The van der Waals surface area contributed by atoms with Gasteiger partial charge in [-0.25, -0.2) is 9.79 Å². The molecule has 0 saturated carbocycles. The van der Waals surface area contributed by atoms with Gasteiger partial charge in [0.25, 0.3) is 0 Å². The SMILES string of the molecule is CC(C)(C)c1ccc(C2N=CC(=O)O2)cc1. The minimum absolute atomic E-state index is 0.133. The molecule has 3 nitrogen and oxygen atoms in total. The molecule has 0 spiro atoms. The third kappa shape index (κ3) is 2.13. The molecule has 1 unspecified atom stereocenters. The Hall–Kier alpha value is -1.64. The van der Waals surface area contributed by atoms with Crippen molar-refractivity contribution in [1.82, 2.24) is 0 Å². The molecule has 3 heteroatoms. The Labute approximate surface area is 95.2 Å². The average molecular weight is 217 g/mol. The van der Waals surface area contributed by atoms with Crippen molar-refractivity contribution in [2.75, 3.05) is 0 Å². The first-order valence-electron chi connectivity index (χ1n) is 5.31. The number of carbonyl (C=O) groups is 1. The lowest BCUT2D eigenvalue weighted by atomic mass is 9.86. The number of hydrogen-bond acceptors (Lipinski definition) is 3. The fraction of sp³-hybridized carbons (Fsp3) is 0.385. The zero-order valence-electron chi connectivity index (χ0n) is 9.73.